The predicted octanol–water partition coefficient (Wildman–Crippen LogP) is 2.12. The average Bonchev–Trinajstić information content (AvgIpc) is 2.41. The van der Waals surface area contributed by atoms with Crippen LogP contribution in [0.5, 0.6) is 0 Å². The Hall–Kier alpha value is -0.235. The lowest BCUT2D eigenvalue weighted by molar-refractivity contribution is -0.0365. The van der Waals surface area contributed by atoms with Gasteiger partial charge in [-0.1, -0.05) is 11.6 Å². The maximum absolute atomic E-state index is 5.78. The summed E-state index contributed by atoms with van der Waals surface area (Å²) in [6.45, 7) is 0. The Morgan fingerprint density at radius 2 is 2.36 bits per heavy atom. The van der Waals surface area contributed by atoms with Crippen LogP contribution in [-0.4, -0.2) is 7.41 Å². The van der Waals surface area contributed by atoms with Gasteiger partial charge in [-0.25, -0.2) is 0 Å². The minimum Gasteiger partial charge on any atom is -0.374 e. The Morgan fingerprint density at radius 3 is 3.21 bits per heavy atom. The summed E-state index contributed by atoms with van der Waals surface area (Å²) in [5.41, 5.74) is 8.26. The van der Waals surface area contributed by atoms with Crippen molar-refractivity contribution >= 4 is 7.41 Å². The fraction of sp³-hybridized carbons (Fsp3) is 0.833. The normalized spacial score (nSPS) is 57.6. The number of allylic oxidation sites excluding steroid dienone is 2. The monoisotopic (exact) mass is 186 g/mol. The molecule has 0 amide bonds. The van der Waals surface area contributed by atoms with Crippen LogP contribution in [0.3, 0.4) is 0 Å². The van der Waals surface area contributed by atoms with E-state index in [0.29, 0.717) is 5.82 Å². The van der Waals surface area contributed by atoms with Gasteiger partial charge in [-0.05, 0) is 61.1 Å². The highest BCUT2D eigenvalue weighted by Crippen LogP contribution is 2.73. The van der Waals surface area contributed by atoms with Gasteiger partial charge in [-0.2, -0.15) is 0 Å². The molecule has 4 aliphatic carbocycles. The topological polar surface area (TPSA) is 26.0 Å². The third-order valence-corrected chi connectivity index (χ3v) is 5.60. The largest absolute Gasteiger partial charge is 0.374 e. The van der Waals surface area contributed by atoms with Crippen LogP contribution in [0.25, 0.3) is 0 Å². The van der Waals surface area contributed by atoms with E-state index in [1.807, 2.05) is 7.41 Å². The molecule has 4 rings (SSSR count). The molecule has 0 aromatic carbocycles. The Kier molecular flexibility index (Phi) is 1.31. The third-order valence-electron chi connectivity index (χ3n) is 5.60. The summed E-state index contributed by atoms with van der Waals surface area (Å²) in [7, 11) is 1.96. The van der Waals surface area contributed by atoms with Gasteiger partial charge in [0.25, 0.3) is 0 Å². The van der Waals surface area contributed by atoms with Crippen molar-refractivity contribution < 1.29 is 0 Å². The first kappa shape index (κ1) is 7.98. The van der Waals surface area contributed by atoms with Crippen molar-refractivity contribution in [2.45, 2.75) is 37.9 Å². The Balaban J connectivity index is 1.83. The lowest BCUT2D eigenvalue weighted by Crippen LogP contribution is -2.51. The number of hydrogen-bond acceptors (Lipinski definition) is 1. The van der Waals surface area contributed by atoms with E-state index in [0.717, 1.165) is 23.2 Å². The smallest absolute Gasteiger partial charge is 0.210 e. The summed E-state index contributed by atoms with van der Waals surface area (Å²) in [4.78, 5) is 0. The first-order chi connectivity index (χ1) is 6.82. The highest BCUT2D eigenvalue weighted by molar-refractivity contribution is 6.34. The predicted molar refractivity (Wildman–Crippen MR) is 57.8 cm³/mol. The lowest BCUT2D eigenvalue weighted by Gasteiger charge is -2.59. The van der Waals surface area contributed by atoms with E-state index in [1.165, 1.54) is 32.1 Å². The van der Waals surface area contributed by atoms with E-state index in [2.05, 4.69) is 6.08 Å². The summed E-state index contributed by atoms with van der Waals surface area (Å²) in [6, 6.07) is 0. The van der Waals surface area contributed by atoms with E-state index in [1.54, 1.807) is 5.57 Å². The summed E-state index contributed by atoms with van der Waals surface area (Å²) in [5.74, 6) is 3.66. The van der Waals surface area contributed by atoms with Gasteiger partial charge >= 0.3 is 0 Å². The van der Waals surface area contributed by atoms with Crippen LogP contribution < -0.4 is 5.64 Å². The molecular weight excluding hydrogens is 169 g/mol. The molecule has 5 unspecified atom stereocenters. The molecule has 0 aliphatic heterocycles. The van der Waals surface area contributed by atoms with Crippen molar-refractivity contribution in [3.05, 3.63) is 11.6 Å². The van der Waals surface area contributed by atoms with Gasteiger partial charge in [0.15, 0.2) is 0 Å². The van der Waals surface area contributed by atoms with Crippen molar-refractivity contribution in [2.75, 3.05) is 0 Å². The van der Waals surface area contributed by atoms with Crippen molar-refractivity contribution in [3.63, 3.8) is 0 Å². The van der Waals surface area contributed by atoms with Crippen LogP contribution in [-0.2, 0) is 0 Å². The van der Waals surface area contributed by atoms with Gasteiger partial charge in [-0.15, -0.1) is 0 Å². The van der Waals surface area contributed by atoms with Crippen LogP contribution >= 0.6 is 0 Å². The SMILES string of the molecule is N[B]C1C=C2CC3CC4CC1C4(C2)C3. The van der Waals surface area contributed by atoms with Gasteiger partial charge in [0, 0.05) is 0 Å². The second-order valence-corrected chi connectivity index (χ2v) is 6.05. The van der Waals surface area contributed by atoms with E-state index in [9.17, 15) is 0 Å². The molecule has 0 heterocycles. The van der Waals surface area contributed by atoms with Gasteiger partial charge < -0.3 is 5.64 Å². The maximum Gasteiger partial charge on any atom is 0.210 e. The molecule has 4 aliphatic rings. The number of fused-ring (bicyclic) bond motifs is 2. The molecule has 2 N–H and O–H groups in total. The summed E-state index contributed by atoms with van der Waals surface area (Å²) in [6.07, 6.45) is 9.86. The zero-order valence-electron chi connectivity index (χ0n) is 8.58. The van der Waals surface area contributed by atoms with Gasteiger partial charge in [0.2, 0.25) is 7.41 Å². The fourth-order valence-corrected chi connectivity index (χ4v) is 5.20. The molecule has 0 aromatic heterocycles. The molecule has 2 heteroatoms. The average molecular weight is 186 g/mol. The molecule has 1 spiro atoms. The molecule has 1 nitrogen and oxygen atoms in total. The Morgan fingerprint density at radius 1 is 1.43 bits per heavy atom. The van der Waals surface area contributed by atoms with Gasteiger partial charge in [0.1, 0.15) is 0 Å². The van der Waals surface area contributed by atoms with Crippen molar-refractivity contribution in [1.82, 2.24) is 0 Å². The van der Waals surface area contributed by atoms with Crippen molar-refractivity contribution in [3.8, 4) is 0 Å². The minimum atomic E-state index is 0.619. The van der Waals surface area contributed by atoms with Crippen LogP contribution in [0.4, 0.5) is 0 Å². The third kappa shape index (κ3) is 0.712. The summed E-state index contributed by atoms with van der Waals surface area (Å²) in [5, 5.41) is 0. The maximum atomic E-state index is 5.78. The highest BCUT2D eigenvalue weighted by atomic mass is 14.7. The van der Waals surface area contributed by atoms with Crippen molar-refractivity contribution in [1.29, 1.82) is 0 Å². The van der Waals surface area contributed by atoms with Crippen LogP contribution in [0, 0.1) is 23.2 Å². The molecule has 1 radical (unpaired) electrons. The van der Waals surface area contributed by atoms with E-state index >= 15 is 0 Å². The molecule has 3 bridgehead atoms. The molecule has 3 fully saturated rings. The fourth-order valence-electron chi connectivity index (χ4n) is 5.20. The Bertz CT molecular complexity index is 324. The molecule has 0 aromatic rings. The van der Waals surface area contributed by atoms with Crippen LogP contribution in [0.2, 0.25) is 5.82 Å². The van der Waals surface area contributed by atoms with Crippen LogP contribution in [0.15, 0.2) is 11.6 Å². The number of nitrogens with two attached hydrogens (primary N) is 1. The lowest BCUT2D eigenvalue weighted by atomic mass is 9.41. The standard InChI is InChI=1S/C12H17BN/c14-13-11-3-8-1-7-2-9-4-10(11)12(9,5-7)6-8/h3,7,9-11H,1-2,4-6,14H2. The quantitative estimate of drug-likeness (QED) is 0.492. The molecule has 5 atom stereocenters. The number of rotatable bonds is 1. The second kappa shape index (κ2) is 2.29. The van der Waals surface area contributed by atoms with Crippen LogP contribution in [0.1, 0.15) is 32.1 Å². The molecule has 73 valence electrons. The molecule has 14 heavy (non-hydrogen) atoms. The second-order valence-electron chi connectivity index (χ2n) is 6.05. The zero-order valence-corrected chi connectivity index (χ0v) is 8.58. The van der Waals surface area contributed by atoms with E-state index in [4.69, 9.17) is 5.64 Å². The van der Waals surface area contributed by atoms with E-state index in [-0.39, 0.29) is 0 Å². The highest BCUT2D eigenvalue weighted by Gasteiger charge is 2.64. The zero-order chi connectivity index (χ0) is 9.34. The minimum absolute atomic E-state index is 0.619. The summed E-state index contributed by atoms with van der Waals surface area (Å²) >= 11 is 0. The Labute approximate surface area is 86.4 Å². The molecule has 0 saturated heterocycles. The first-order valence-electron chi connectivity index (χ1n) is 6.06. The van der Waals surface area contributed by atoms with Gasteiger partial charge in [-0.3, -0.25) is 0 Å². The van der Waals surface area contributed by atoms with E-state index < -0.39 is 0 Å². The molecule has 3 saturated carbocycles. The van der Waals surface area contributed by atoms with Crippen molar-refractivity contribution in [2.24, 2.45) is 28.8 Å². The first-order valence-corrected chi connectivity index (χ1v) is 6.06. The van der Waals surface area contributed by atoms with Gasteiger partial charge in [0.05, 0.1) is 0 Å². The summed E-state index contributed by atoms with van der Waals surface area (Å²) < 4.78 is 0. The number of hydrogen-bond donors (Lipinski definition) is 1. The molecular formula is C12H17BN.